The van der Waals surface area contributed by atoms with Gasteiger partial charge in [-0.25, -0.2) is 4.79 Å². The van der Waals surface area contributed by atoms with Crippen LogP contribution in [0.1, 0.15) is 38.8 Å². The van der Waals surface area contributed by atoms with E-state index in [1.165, 1.54) is 0 Å². The molecular weight excluding hydrogens is 446 g/mol. The first-order chi connectivity index (χ1) is 16.7. The molecule has 188 valence electrons. The van der Waals surface area contributed by atoms with Crippen LogP contribution >= 0.6 is 0 Å². The molecule has 7 nitrogen and oxygen atoms in total. The minimum atomic E-state index is -0.947. The smallest absolute Gasteiger partial charge is 0.328 e. The summed E-state index contributed by atoms with van der Waals surface area (Å²) in [6.07, 6.45) is 6.41. The van der Waals surface area contributed by atoms with Crippen LogP contribution in [0.5, 0.6) is 11.5 Å². The Kier molecular flexibility index (Phi) is 11.6. The van der Waals surface area contributed by atoms with Crippen molar-refractivity contribution in [3.05, 3.63) is 71.8 Å². The lowest BCUT2D eigenvalue weighted by atomic mass is 10.2. The molecule has 1 heterocycles. The van der Waals surface area contributed by atoms with Crippen LogP contribution < -0.4 is 9.47 Å². The van der Waals surface area contributed by atoms with Crippen molar-refractivity contribution in [2.45, 2.75) is 39.9 Å². The number of hydrogen-bond donors (Lipinski definition) is 1. The Morgan fingerprint density at radius 3 is 1.63 bits per heavy atom. The van der Waals surface area contributed by atoms with Gasteiger partial charge < -0.3 is 24.2 Å². The molecule has 1 amide bonds. The summed E-state index contributed by atoms with van der Waals surface area (Å²) < 4.78 is 16.3. The largest absolute Gasteiger partial charge is 0.491 e. The number of amides is 1. The number of carboxylic acid groups (broad SMARTS) is 1. The topological polar surface area (TPSA) is 85.3 Å². The molecule has 0 aliphatic carbocycles. The van der Waals surface area contributed by atoms with Gasteiger partial charge in [0.05, 0.1) is 25.4 Å². The maximum Gasteiger partial charge on any atom is 0.328 e. The second-order valence-electron chi connectivity index (χ2n) is 8.41. The van der Waals surface area contributed by atoms with Crippen molar-refractivity contribution in [1.29, 1.82) is 0 Å². The number of nitrogens with zero attached hydrogens (tertiary/aromatic N) is 1. The summed E-state index contributed by atoms with van der Waals surface area (Å²) in [6.45, 7) is 10.5. The highest BCUT2D eigenvalue weighted by molar-refractivity contribution is 5.91. The average Bonchev–Trinajstić information content (AvgIpc) is 2.83. The molecule has 1 aliphatic heterocycles. The number of hydrogen-bond acceptors (Lipinski definition) is 5. The third-order valence-corrected chi connectivity index (χ3v) is 4.66. The standard InChI is InChI=1S/C16H21NO3.C12H14O3/c1-13(2)20-15-6-3-14(4-7-15)5-8-16(18)17-9-11-19-12-10-17;1-9(2)15-11-6-3-10(4-7-11)5-8-12(13)14/h3-8,13H,9-12H2,1-2H3;3-9H,1-2H3,(H,13,14)/b2*8-5+. The molecule has 0 spiro atoms. The van der Waals surface area contributed by atoms with E-state index < -0.39 is 5.97 Å². The van der Waals surface area contributed by atoms with Gasteiger partial charge in [0.1, 0.15) is 11.5 Å². The quantitative estimate of drug-likeness (QED) is 0.539. The van der Waals surface area contributed by atoms with E-state index >= 15 is 0 Å². The fourth-order valence-electron chi connectivity index (χ4n) is 3.08. The molecule has 0 aromatic heterocycles. The molecule has 0 bridgehead atoms. The molecule has 0 saturated carbocycles. The van der Waals surface area contributed by atoms with Crippen molar-refractivity contribution in [2.75, 3.05) is 26.3 Å². The number of aliphatic carboxylic acids is 1. The van der Waals surface area contributed by atoms with E-state index in [9.17, 15) is 9.59 Å². The molecule has 1 N–H and O–H groups in total. The third kappa shape index (κ3) is 11.4. The zero-order valence-electron chi connectivity index (χ0n) is 20.8. The fraction of sp³-hybridized carbons (Fsp3) is 0.357. The molecule has 3 rings (SSSR count). The average molecular weight is 482 g/mol. The van der Waals surface area contributed by atoms with Gasteiger partial charge in [-0.15, -0.1) is 0 Å². The molecule has 7 heteroatoms. The van der Waals surface area contributed by atoms with Crippen molar-refractivity contribution in [3.8, 4) is 11.5 Å². The molecule has 0 atom stereocenters. The minimum absolute atomic E-state index is 0.0378. The zero-order valence-corrected chi connectivity index (χ0v) is 20.8. The highest BCUT2D eigenvalue weighted by atomic mass is 16.5. The summed E-state index contributed by atoms with van der Waals surface area (Å²) in [5, 5.41) is 8.44. The molecule has 35 heavy (non-hydrogen) atoms. The minimum Gasteiger partial charge on any atom is -0.491 e. The Labute approximate surface area is 207 Å². The van der Waals surface area contributed by atoms with E-state index in [-0.39, 0.29) is 18.1 Å². The van der Waals surface area contributed by atoms with E-state index in [4.69, 9.17) is 19.3 Å². The van der Waals surface area contributed by atoms with Gasteiger partial charge in [-0.1, -0.05) is 24.3 Å². The molecule has 2 aromatic rings. The first-order valence-corrected chi connectivity index (χ1v) is 11.7. The Morgan fingerprint density at radius 1 is 0.800 bits per heavy atom. The maximum absolute atomic E-state index is 11.9. The summed E-state index contributed by atoms with van der Waals surface area (Å²) in [4.78, 5) is 24.0. The monoisotopic (exact) mass is 481 g/mol. The predicted octanol–water partition coefficient (Wildman–Crippen LogP) is 4.92. The van der Waals surface area contributed by atoms with Crippen molar-refractivity contribution in [3.63, 3.8) is 0 Å². The predicted molar refractivity (Wildman–Crippen MR) is 138 cm³/mol. The summed E-state index contributed by atoms with van der Waals surface area (Å²) in [7, 11) is 0. The van der Waals surface area contributed by atoms with Crippen LogP contribution in [0, 0.1) is 0 Å². The second-order valence-corrected chi connectivity index (χ2v) is 8.41. The van der Waals surface area contributed by atoms with Gasteiger partial charge in [-0.2, -0.15) is 0 Å². The van der Waals surface area contributed by atoms with E-state index in [0.29, 0.717) is 26.3 Å². The van der Waals surface area contributed by atoms with Gasteiger partial charge in [0, 0.05) is 25.2 Å². The van der Waals surface area contributed by atoms with Crippen LogP contribution in [0.15, 0.2) is 60.7 Å². The maximum atomic E-state index is 11.9. The SMILES string of the molecule is CC(C)Oc1ccc(/C=C/C(=O)N2CCOCC2)cc1.CC(C)Oc1ccc(/C=C/C(=O)O)cc1. The lowest BCUT2D eigenvalue weighted by Crippen LogP contribution is -2.39. The summed E-state index contributed by atoms with van der Waals surface area (Å²) in [5.74, 6) is 0.724. The van der Waals surface area contributed by atoms with E-state index in [1.807, 2.05) is 82.3 Å². The molecule has 0 radical (unpaired) electrons. The van der Waals surface area contributed by atoms with Crippen LogP contribution in [0.4, 0.5) is 0 Å². The lowest BCUT2D eigenvalue weighted by molar-refractivity contribution is -0.131. The number of carbonyl (C=O) groups is 2. The molecule has 1 fully saturated rings. The zero-order chi connectivity index (χ0) is 25.6. The summed E-state index contributed by atoms with van der Waals surface area (Å²) in [5.41, 5.74) is 1.83. The summed E-state index contributed by atoms with van der Waals surface area (Å²) in [6, 6.07) is 15.0. The van der Waals surface area contributed by atoms with E-state index in [0.717, 1.165) is 28.7 Å². The van der Waals surface area contributed by atoms with Crippen molar-refractivity contribution in [1.82, 2.24) is 4.90 Å². The van der Waals surface area contributed by atoms with Crippen LogP contribution in [0.2, 0.25) is 0 Å². The Morgan fingerprint density at radius 2 is 1.23 bits per heavy atom. The lowest BCUT2D eigenvalue weighted by Gasteiger charge is -2.25. The van der Waals surface area contributed by atoms with E-state index in [2.05, 4.69) is 0 Å². The van der Waals surface area contributed by atoms with Gasteiger partial charge in [-0.3, -0.25) is 4.79 Å². The van der Waals surface area contributed by atoms with Crippen LogP contribution in [-0.4, -0.2) is 60.4 Å². The van der Waals surface area contributed by atoms with Gasteiger partial charge in [-0.05, 0) is 75.2 Å². The van der Waals surface area contributed by atoms with Crippen LogP contribution in [0.3, 0.4) is 0 Å². The van der Waals surface area contributed by atoms with Gasteiger partial charge in [0.2, 0.25) is 5.91 Å². The second kappa shape index (κ2) is 14.6. The Balaban J connectivity index is 0.000000258. The number of morpholine rings is 1. The normalized spacial score (nSPS) is 13.7. The number of benzene rings is 2. The van der Waals surface area contributed by atoms with Crippen LogP contribution in [-0.2, 0) is 14.3 Å². The van der Waals surface area contributed by atoms with Gasteiger partial charge in [0.25, 0.3) is 0 Å². The fourth-order valence-corrected chi connectivity index (χ4v) is 3.08. The summed E-state index contributed by atoms with van der Waals surface area (Å²) >= 11 is 0. The van der Waals surface area contributed by atoms with Crippen molar-refractivity contribution in [2.24, 2.45) is 0 Å². The first kappa shape index (κ1) is 27.7. The first-order valence-electron chi connectivity index (χ1n) is 11.7. The van der Waals surface area contributed by atoms with Crippen LogP contribution in [0.25, 0.3) is 12.2 Å². The molecule has 0 unspecified atom stereocenters. The number of carboxylic acids is 1. The number of ether oxygens (including phenoxy) is 3. The molecular formula is C28H35NO6. The van der Waals surface area contributed by atoms with Crippen molar-refractivity contribution >= 4 is 24.0 Å². The van der Waals surface area contributed by atoms with E-state index in [1.54, 1.807) is 17.1 Å². The van der Waals surface area contributed by atoms with Gasteiger partial charge >= 0.3 is 5.97 Å². The van der Waals surface area contributed by atoms with Gasteiger partial charge in [0.15, 0.2) is 0 Å². The number of rotatable bonds is 8. The third-order valence-electron chi connectivity index (χ3n) is 4.66. The Bertz CT molecular complexity index is 972. The van der Waals surface area contributed by atoms with Crippen molar-refractivity contribution < 1.29 is 28.9 Å². The number of carbonyl (C=O) groups excluding carboxylic acids is 1. The molecule has 1 aliphatic rings. The molecule has 1 saturated heterocycles. The molecule has 2 aromatic carbocycles. The highest BCUT2D eigenvalue weighted by Crippen LogP contribution is 2.15. The highest BCUT2D eigenvalue weighted by Gasteiger charge is 2.13. The Hall–Kier alpha value is -3.58.